The second-order valence-corrected chi connectivity index (χ2v) is 7.40. The lowest BCUT2D eigenvalue weighted by Crippen LogP contribution is -2.45. The Labute approximate surface area is 142 Å². The van der Waals surface area contributed by atoms with Crippen LogP contribution in [0.3, 0.4) is 0 Å². The monoisotopic (exact) mass is 327 g/mol. The predicted molar refractivity (Wildman–Crippen MR) is 93.1 cm³/mol. The van der Waals surface area contributed by atoms with Gasteiger partial charge in [0.25, 0.3) is 5.91 Å². The van der Waals surface area contributed by atoms with Gasteiger partial charge in [-0.25, -0.2) is 0 Å². The Morgan fingerprint density at radius 1 is 1.17 bits per heavy atom. The number of carbonyl (C=O) groups is 1. The molecule has 0 radical (unpaired) electrons. The molecule has 5 nitrogen and oxygen atoms in total. The zero-order chi connectivity index (χ0) is 16.7. The summed E-state index contributed by atoms with van der Waals surface area (Å²) in [6.45, 7) is 5.47. The van der Waals surface area contributed by atoms with Crippen LogP contribution in [0.2, 0.25) is 0 Å². The van der Waals surface area contributed by atoms with Gasteiger partial charge in [-0.15, -0.1) is 0 Å². The van der Waals surface area contributed by atoms with Gasteiger partial charge in [0.05, 0.1) is 5.52 Å². The number of nitrogens with zero attached hydrogens (tertiary/aromatic N) is 3. The average Bonchev–Trinajstić information content (AvgIpc) is 2.92. The molecule has 2 aromatic rings. The fraction of sp³-hybridized carbons (Fsp3) is 0.579. The lowest BCUT2D eigenvalue weighted by atomic mass is 9.72. The lowest BCUT2D eigenvalue weighted by Gasteiger charge is -2.43. The van der Waals surface area contributed by atoms with Crippen LogP contribution in [0.1, 0.15) is 41.7 Å². The topological polar surface area (TPSA) is 47.4 Å². The van der Waals surface area contributed by atoms with Gasteiger partial charge in [0.2, 0.25) is 0 Å². The molecule has 5 heteroatoms. The number of hydrogen-bond acceptors (Lipinski definition) is 3. The van der Waals surface area contributed by atoms with Gasteiger partial charge in [0.15, 0.2) is 5.69 Å². The molecule has 2 aliphatic heterocycles. The maximum Gasteiger partial charge on any atom is 0.275 e. The maximum atomic E-state index is 13.0. The van der Waals surface area contributed by atoms with E-state index in [0.717, 1.165) is 68.5 Å². The Balaban J connectivity index is 1.56. The molecule has 0 bridgehead atoms. The van der Waals surface area contributed by atoms with Gasteiger partial charge in [-0.1, -0.05) is 11.6 Å². The largest absolute Gasteiger partial charge is 0.381 e. The van der Waals surface area contributed by atoms with Crippen LogP contribution >= 0.6 is 0 Å². The zero-order valence-electron chi connectivity index (χ0n) is 14.5. The maximum absolute atomic E-state index is 13.0. The molecular formula is C19H25N3O2. The third kappa shape index (κ3) is 2.61. The molecule has 0 N–H and O–H groups in total. The van der Waals surface area contributed by atoms with E-state index in [9.17, 15) is 4.79 Å². The zero-order valence-corrected chi connectivity index (χ0v) is 14.5. The Morgan fingerprint density at radius 2 is 1.88 bits per heavy atom. The highest BCUT2D eigenvalue weighted by Gasteiger charge is 2.37. The van der Waals surface area contributed by atoms with E-state index in [1.165, 1.54) is 0 Å². The van der Waals surface area contributed by atoms with Crippen LogP contribution in [-0.2, 0) is 11.8 Å². The van der Waals surface area contributed by atoms with Gasteiger partial charge in [-0.05, 0) is 50.2 Å². The second-order valence-electron chi connectivity index (χ2n) is 7.40. The number of benzene rings is 1. The Morgan fingerprint density at radius 3 is 2.58 bits per heavy atom. The van der Waals surface area contributed by atoms with Gasteiger partial charge >= 0.3 is 0 Å². The molecule has 1 aromatic carbocycles. The highest BCUT2D eigenvalue weighted by atomic mass is 16.5. The van der Waals surface area contributed by atoms with Crippen molar-refractivity contribution in [2.75, 3.05) is 26.3 Å². The first-order valence-corrected chi connectivity index (χ1v) is 8.88. The van der Waals surface area contributed by atoms with Crippen molar-refractivity contribution in [3.05, 3.63) is 29.5 Å². The van der Waals surface area contributed by atoms with Crippen molar-refractivity contribution in [3.63, 3.8) is 0 Å². The van der Waals surface area contributed by atoms with Crippen molar-refractivity contribution in [1.82, 2.24) is 14.7 Å². The first-order chi connectivity index (χ1) is 11.6. The molecule has 2 aliphatic rings. The first-order valence-electron chi connectivity index (χ1n) is 8.88. The molecule has 2 saturated heterocycles. The van der Waals surface area contributed by atoms with E-state index in [-0.39, 0.29) is 5.91 Å². The molecule has 3 heterocycles. The smallest absolute Gasteiger partial charge is 0.275 e. The van der Waals surface area contributed by atoms with E-state index in [1.807, 2.05) is 22.7 Å². The van der Waals surface area contributed by atoms with Crippen molar-refractivity contribution >= 4 is 16.8 Å². The number of ether oxygens (including phenoxy) is 1. The summed E-state index contributed by atoms with van der Waals surface area (Å²) in [6.07, 6.45) is 4.46. The van der Waals surface area contributed by atoms with E-state index >= 15 is 0 Å². The van der Waals surface area contributed by atoms with E-state index in [0.29, 0.717) is 11.1 Å². The molecule has 128 valence electrons. The summed E-state index contributed by atoms with van der Waals surface area (Å²) in [6, 6.07) is 6.18. The summed E-state index contributed by atoms with van der Waals surface area (Å²) in [5.41, 5.74) is 3.17. The summed E-state index contributed by atoms with van der Waals surface area (Å²) in [4.78, 5) is 15.0. The van der Waals surface area contributed by atoms with Crippen molar-refractivity contribution < 1.29 is 9.53 Å². The fourth-order valence-corrected chi connectivity index (χ4v) is 4.18. The van der Waals surface area contributed by atoms with Crippen molar-refractivity contribution in [3.8, 4) is 0 Å². The van der Waals surface area contributed by atoms with Crippen LogP contribution in [0.5, 0.6) is 0 Å². The van der Waals surface area contributed by atoms with Crippen LogP contribution in [0, 0.1) is 12.3 Å². The number of carbonyl (C=O) groups excluding carboxylic acids is 1. The van der Waals surface area contributed by atoms with Gasteiger partial charge in [0.1, 0.15) is 0 Å². The number of aryl methyl sites for hydroxylation is 2. The third-order valence-electron chi connectivity index (χ3n) is 5.87. The lowest BCUT2D eigenvalue weighted by molar-refractivity contribution is -0.0176. The van der Waals surface area contributed by atoms with E-state index in [1.54, 1.807) is 0 Å². The Kier molecular flexibility index (Phi) is 3.83. The van der Waals surface area contributed by atoms with Crippen molar-refractivity contribution in [1.29, 1.82) is 0 Å². The molecule has 1 aromatic heterocycles. The van der Waals surface area contributed by atoms with Crippen molar-refractivity contribution in [2.45, 2.75) is 32.6 Å². The molecule has 0 atom stereocenters. The minimum atomic E-state index is 0.0770. The number of hydrogen-bond donors (Lipinski definition) is 0. The first kappa shape index (κ1) is 15.6. The normalized spacial score (nSPS) is 20.7. The van der Waals surface area contributed by atoms with Gasteiger partial charge in [-0.2, -0.15) is 5.10 Å². The molecule has 0 aliphatic carbocycles. The van der Waals surface area contributed by atoms with Crippen LogP contribution in [-0.4, -0.2) is 46.9 Å². The van der Waals surface area contributed by atoms with Crippen LogP contribution < -0.4 is 0 Å². The summed E-state index contributed by atoms with van der Waals surface area (Å²) in [7, 11) is 1.90. The molecule has 2 fully saturated rings. The van der Waals surface area contributed by atoms with Gasteiger partial charge < -0.3 is 9.64 Å². The Hall–Kier alpha value is -1.88. The quantitative estimate of drug-likeness (QED) is 0.809. The molecule has 0 saturated carbocycles. The fourth-order valence-electron chi connectivity index (χ4n) is 4.18. The van der Waals surface area contributed by atoms with Crippen LogP contribution in [0.25, 0.3) is 10.9 Å². The molecule has 1 amide bonds. The molecule has 4 rings (SSSR count). The number of fused-ring (bicyclic) bond motifs is 1. The standard InChI is InChI=1S/C19H25N3O2/c1-14-3-4-16-15(13-14)17(20-21(16)2)18(23)22-9-5-19(6-10-22)7-11-24-12-8-19/h3-4,13H,5-12H2,1-2H3. The highest BCUT2D eigenvalue weighted by Crippen LogP contribution is 2.40. The summed E-state index contributed by atoms with van der Waals surface area (Å²) in [5.74, 6) is 0.0770. The third-order valence-corrected chi connectivity index (χ3v) is 5.87. The number of likely N-dealkylation sites (tertiary alicyclic amines) is 1. The number of piperidine rings is 1. The molecular weight excluding hydrogens is 302 g/mol. The number of amides is 1. The van der Waals surface area contributed by atoms with E-state index in [4.69, 9.17) is 4.74 Å². The van der Waals surface area contributed by atoms with E-state index in [2.05, 4.69) is 24.2 Å². The second kappa shape index (κ2) is 5.88. The average molecular weight is 327 g/mol. The van der Waals surface area contributed by atoms with Crippen LogP contribution in [0.4, 0.5) is 0 Å². The number of rotatable bonds is 1. The van der Waals surface area contributed by atoms with Gasteiger partial charge in [-0.3, -0.25) is 9.48 Å². The predicted octanol–water partition coefficient (Wildman–Crippen LogP) is 2.91. The van der Waals surface area contributed by atoms with E-state index < -0.39 is 0 Å². The minimum Gasteiger partial charge on any atom is -0.381 e. The highest BCUT2D eigenvalue weighted by molar-refractivity contribution is 6.05. The summed E-state index contributed by atoms with van der Waals surface area (Å²) < 4.78 is 7.32. The molecule has 24 heavy (non-hydrogen) atoms. The van der Waals surface area contributed by atoms with Gasteiger partial charge in [0, 0.05) is 38.7 Å². The molecule has 0 unspecified atom stereocenters. The summed E-state index contributed by atoms with van der Waals surface area (Å²) >= 11 is 0. The van der Waals surface area contributed by atoms with Crippen LogP contribution in [0.15, 0.2) is 18.2 Å². The van der Waals surface area contributed by atoms with Crippen molar-refractivity contribution in [2.24, 2.45) is 12.5 Å². The SMILES string of the molecule is Cc1ccc2c(c1)c(C(=O)N1CCC3(CCOCC3)CC1)nn2C. The minimum absolute atomic E-state index is 0.0770. The Bertz CT molecular complexity index is 764. The number of aromatic nitrogens is 2. The molecule has 1 spiro atoms. The summed E-state index contributed by atoms with van der Waals surface area (Å²) in [5, 5.41) is 5.48.